The van der Waals surface area contributed by atoms with Gasteiger partial charge in [-0.3, -0.25) is 4.79 Å². The van der Waals surface area contributed by atoms with Gasteiger partial charge in [0.1, 0.15) is 0 Å². The first-order valence-corrected chi connectivity index (χ1v) is 13.9. The molecule has 1 aliphatic heterocycles. The van der Waals surface area contributed by atoms with Gasteiger partial charge in [0, 0.05) is 36.7 Å². The van der Waals surface area contributed by atoms with Gasteiger partial charge >= 0.3 is 0 Å². The molecule has 34 heavy (non-hydrogen) atoms. The van der Waals surface area contributed by atoms with Crippen LogP contribution in [0.5, 0.6) is 0 Å². The Hall–Kier alpha value is -0.810. The van der Waals surface area contributed by atoms with Gasteiger partial charge < -0.3 is 14.9 Å². The number of carbonyl (C=O) groups is 1. The van der Waals surface area contributed by atoms with E-state index in [1.165, 1.54) is 44.1 Å². The van der Waals surface area contributed by atoms with E-state index < -0.39 is 5.60 Å². The number of hydrogen-bond donors (Lipinski definition) is 1. The summed E-state index contributed by atoms with van der Waals surface area (Å²) in [5, 5.41) is 12.4. The lowest BCUT2D eigenvalue weighted by molar-refractivity contribution is -0.155. The molecule has 0 radical (unpaired) electrons. The molecule has 1 N–H and O–H groups in total. The van der Waals surface area contributed by atoms with Crippen LogP contribution in [0.4, 0.5) is 0 Å². The molecule has 2 saturated carbocycles. The molecule has 1 aromatic carbocycles. The van der Waals surface area contributed by atoms with Crippen LogP contribution in [0.15, 0.2) is 24.3 Å². The number of nitrogens with zero attached hydrogens (tertiary/aromatic N) is 2. The molecule has 6 heteroatoms. The summed E-state index contributed by atoms with van der Waals surface area (Å²) in [4.78, 5) is 18.6. The molecule has 0 spiro atoms. The monoisotopic (exact) mass is 510 g/mol. The van der Waals surface area contributed by atoms with Gasteiger partial charge in [-0.25, -0.2) is 0 Å². The first kappa shape index (κ1) is 27.8. The van der Waals surface area contributed by atoms with E-state index in [2.05, 4.69) is 15.9 Å². The third-order valence-corrected chi connectivity index (χ3v) is 9.11. The SMILES string of the molecule is CC(C(=O)N(C1CCCCC1)C1CCCCC1)C1(O)CCN(CCc2ccccc2Cl)CC1.Cl. The molecule has 0 aromatic heterocycles. The zero-order chi connectivity index (χ0) is 23.3. The Balaban J connectivity index is 0.00000324. The van der Waals surface area contributed by atoms with Gasteiger partial charge in [-0.1, -0.05) is 75.2 Å². The van der Waals surface area contributed by atoms with Crippen molar-refractivity contribution in [2.24, 2.45) is 5.92 Å². The summed E-state index contributed by atoms with van der Waals surface area (Å²) in [5.41, 5.74) is 0.290. The first-order chi connectivity index (χ1) is 16.0. The van der Waals surface area contributed by atoms with Crippen LogP contribution in [0.25, 0.3) is 0 Å². The van der Waals surface area contributed by atoms with E-state index in [0.717, 1.165) is 56.8 Å². The Labute approximate surface area is 217 Å². The van der Waals surface area contributed by atoms with E-state index in [9.17, 15) is 9.90 Å². The zero-order valence-electron chi connectivity index (χ0n) is 20.9. The summed E-state index contributed by atoms with van der Waals surface area (Å²) in [5.74, 6) is -0.104. The number of rotatable bonds is 7. The van der Waals surface area contributed by atoms with E-state index in [1.807, 2.05) is 25.1 Å². The number of likely N-dealkylation sites (tertiary alicyclic amines) is 1. The minimum atomic E-state index is -0.889. The Morgan fingerprint density at radius 2 is 1.56 bits per heavy atom. The summed E-state index contributed by atoms with van der Waals surface area (Å²) in [7, 11) is 0. The van der Waals surface area contributed by atoms with Crippen molar-refractivity contribution >= 4 is 29.9 Å². The minimum Gasteiger partial charge on any atom is -0.389 e. The van der Waals surface area contributed by atoms with Gasteiger partial charge in [-0.15, -0.1) is 12.4 Å². The molecule has 4 rings (SSSR count). The van der Waals surface area contributed by atoms with Crippen LogP contribution in [0, 0.1) is 5.92 Å². The molecule has 4 nitrogen and oxygen atoms in total. The van der Waals surface area contributed by atoms with E-state index in [4.69, 9.17) is 11.6 Å². The van der Waals surface area contributed by atoms with Gasteiger partial charge in [0.25, 0.3) is 0 Å². The number of hydrogen-bond acceptors (Lipinski definition) is 3. The maximum absolute atomic E-state index is 13.9. The second-order valence-corrected chi connectivity index (χ2v) is 11.2. The van der Waals surface area contributed by atoms with E-state index in [1.54, 1.807) is 0 Å². The zero-order valence-corrected chi connectivity index (χ0v) is 22.5. The second-order valence-electron chi connectivity index (χ2n) is 10.8. The van der Waals surface area contributed by atoms with Gasteiger partial charge in [0.05, 0.1) is 11.5 Å². The first-order valence-electron chi connectivity index (χ1n) is 13.5. The number of amides is 1. The molecule has 1 atom stereocenters. The number of carbonyl (C=O) groups excluding carboxylic acids is 1. The van der Waals surface area contributed by atoms with Crippen LogP contribution in [-0.4, -0.2) is 58.1 Å². The highest BCUT2D eigenvalue weighted by molar-refractivity contribution is 6.31. The normalized spacial score (nSPS) is 23.1. The molecule has 0 bridgehead atoms. The highest BCUT2D eigenvalue weighted by Crippen LogP contribution is 2.36. The maximum Gasteiger partial charge on any atom is 0.228 e. The molecule has 1 heterocycles. The summed E-state index contributed by atoms with van der Waals surface area (Å²) in [6.07, 6.45) is 14.4. The lowest BCUT2D eigenvalue weighted by Gasteiger charge is -2.47. The molecule has 192 valence electrons. The lowest BCUT2D eigenvalue weighted by Crippen LogP contribution is -2.57. The van der Waals surface area contributed by atoms with Crippen LogP contribution < -0.4 is 0 Å². The molecule has 1 amide bonds. The predicted octanol–water partition coefficient (Wildman–Crippen LogP) is 6.26. The largest absolute Gasteiger partial charge is 0.389 e. The summed E-state index contributed by atoms with van der Waals surface area (Å²) < 4.78 is 0. The number of benzene rings is 1. The molecular formula is C28H44Cl2N2O2. The van der Waals surface area contributed by atoms with Crippen molar-refractivity contribution in [3.05, 3.63) is 34.9 Å². The van der Waals surface area contributed by atoms with Crippen molar-refractivity contribution in [3.63, 3.8) is 0 Å². The Kier molecular flexibility index (Phi) is 10.6. The Morgan fingerprint density at radius 1 is 1.03 bits per heavy atom. The van der Waals surface area contributed by atoms with Crippen molar-refractivity contribution in [3.8, 4) is 0 Å². The van der Waals surface area contributed by atoms with Crippen molar-refractivity contribution in [1.29, 1.82) is 0 Å². The van der Waals surface area contributed by atoms with Crippen LogP contribution in [-0.2, 0) is 11.2 Å². The molecule has 3 aliphatic rings. The van der Waals surface area contributed by atoms with E-state index in [0.29, 0.717) is 24.9 Å². The second kappa shape index (κ2) is 12.9. The Bertz CT molecular complexity index is 751. The fourth-order valence-corrected chi connectivity index (χ4v) is 6.64. The third-order valence-electron chi connectivity index (χ3n) is 8.74. The van der Waals surface area contributed by atoms with Crippen LogP contribution in [0.2, 0.25) is 5.02 Å². The van der Waals surface area contributed by atoms with Crippen molar-refractivity contribution in [2.75, 3.05) is 19.6 Å². The molecular weight excluding hydrogens is 467 g/mol. The summed E-state index contributed by atoms with van der Waals surface area (Å²) in [6.45, 7) is 4.62. The molecule has 1 unspecified atom stereocenters. The van der Waals surface area contributed by atoms with Crippen molar-refractivity contribution in [2.45, 2.75) is 108 Å². The standard InChI is InChI=1S/C28H43ClN2O2.ClH/c1-22(27(32)31(24-11-4-2-5-12-24)25-13-6-3-7-14-25)28(33)17-20-30(21-18-28)19-16-23-10-8-9-15-26(23)29;/h8-10,15,22,24-25,33H,2-7,11-14,16-21H2,1H3;1H. The minimum absolute atomic E-state index is 0. The van der Waals surface area contributed by atoms with Crippen LogP contribution in [0.1, 0.15) is 89.5 Å². The van der Waals surface area contributed by atoms with E-state index >= 15 is 0 Å². The predicted molar refractivity (Wildman–Crippen MR) is 143 cm³/mol. The fourth-order valence-electron chi connectivity index (χ4n) is 6.41. The lowest BCUT2D eigenvalue weighted by atomic mass is 9.78. The molecule has 1 saturated heterocycles. The maximum atomic E-state index is 13.9. The molecule has 1 aromatic rings. The molecule has 3 fully saturated rings. The van der Waals surface area contributed by atoms with Crippen molar-refractivity contribution < 1.29 is 9.90 Å². The van der Waals surface area contributed by atoms with E-state index in [-0.39, 0.29) is 24.2 Å². The van der Waals surface area contributed by atoms with Gasteiger partial charge in [-0.05, 0) is 56.6 Å². The average molecular weight is 512 g/mol. The third kappa shape index (κ3) is 6.69. The van der Waals surface area contributed by atoms with Gasteiger partial charge in [0.15, 0.2) is 0 Å². The van der Waals surface area contributed by atoms with Crippen LogP contribution >= 0.6 is 24.0 Å². The number of halogens is 2. The number of aliphatic hydroxyl groups is 1. The van der Waals surface area contributed by atoms with Crippen LogP contribution in [0.3, 0.4) is 0 Å². The smallest absolute Gasteiger partial charge is 0.228 e. The molecule has 2 aliphatic carbocycles. The highest BCUT2D eigenvalue weighted by Gasteiger charge is 2.45. The number of piperidine rings is 1. The Morgan fingerprint density at radius 3 is 2.09 bits per heavy atom. The van der Waals surface area contributed by atoms with Gasteiger partial charge in [-0.2, -0.15) is 0 Å². The topological polar surface area (TPSA) is 43.8 Å². The van der Waals surface area contributed by atoms with Crippen molar-refractivity contribution in [1.82, 2.24) is 9.80 Å². The quantitative estimate of drug-likeness (QED) is 0.470. The average Bonchev–Trinajstić information content (AvgIpc) is 2.85. The van der Waals surface area contributed by atoms with Gasteiger partial charge in [0.2, 0.25) is 5.91 Å². The fraction of sp³-hybridized carbons (Fsp3) is 0.750. The summed E-state index contributed by atoms with van der Waals surface area (Å²) >= 11 is 6.32. The summed E-state index contributed by atoms with van der Waals surface area (Å²) in [6, 6.07) is 8.81. The highest BCUT2D eigenvalue weighted by atomic mass is 35.5.